The first kappa shape index (κ1) is 11.4. The molecule has 1 aromatic rings. The summed E-state index contributed by atoms with van der Waals surface area (Å²) in [6, 6.07) is 3.02. The molecular weight excluding hydrogens is 205 g/mol. The van der Waals surface area contributed by atoms with E-state index in [-0.39, 0.29) is 17.8 Å². The highest BCUT2D eigenvalue weighted by molar-refractivity contribution is 5.57. The fourth-order valence-corrected chi connectivity index (χ4v) is 0.987. The van der Waals surface area contributed by atoms with Crippen LogP contribution in [0.2, 0.25) is 0 Å². The Labute approximate surface area is 85.1 Å². The second-order valence-corrected chi connectivity index (χ2v) is 2.81. The molecule has 0 aliphatic heterocycles. The lowest BCUT2D eigenvalue weighted by Gasteiger charge is -2.07. The van der Waals surface area contributed by atoms with E-state index in [1.807, 2.05) is 0 Å². The van der Waals surface area contributed by atoms with E-state index in [0.29, 0.717) is 0 Å². The lowest BCUT2D eigenvalue weighted by Crippen LogP contribution is -2.06. The minimum Gasteiger partial charge on any atom is -0.398 e. The Morgan fingerprint density at radius 1 is 1.27 bits per heavy atom. The quantitative estimate of drug-likeness (QED) is 0.509. The van der Waals surface area contributed by atoms with Crippen molar-refractivity contribution >= 4 is 5.69 Å². The maximum absolute atomic E-state index is 12.3. The van der Waals surface area contributed by atoms with Crippen molar-refractivity contribution in [3.8, 4) is 11.8 Å². The first-order valence-electron chi connectivity index (χ1n) is 4.11. The first-order chi connectivity index (χ1) is 6.95. The largest absolute Gasteiger partial charge is 0.416 e. The molecule has 1 aromatic carbocycles. The third kappa shape index (κ3) is 2.89. The SMILES string of the molecule is NCC#Cc1cc(C(F)(F)F)ccc1N. The molecule has 0 atom stereocenters. The molecule has 0 amide bonds. The summed E-state index contributed by atoms with van der Waals surface area (Å²) in [6.07, 6.45) is -4.38. The van der Waals surface area contributed by atoms with Crippen LogP contribution < -0.4 is 11.5 Å². The third-order valence-corrected chi connectivity index (χ3v) is 1.71. The van der Waals surface area contributed by atoms with Crippen molar-refractivity contribution in [2.24, 2.45) is 5.73 Å². The van der Waals surface area contributed by atoms with Gasteiger partial charge >= 0.3 is 6.18 Å². The summed E-state index contributed by atoms with van der Waals surface area (Å²) in [5, 5.41) is 0. The Balaban J connectivity index is 3.17. The Bertz CT molecular complexity index is 413. The van der Waals surface area contributed by atoms with Crippen molar-refractivity contribution in [3.63, 3.8) is 0 Å². The van der Waals surface area contributed by atoms with Gasteiger partial charge in [0.2, 0.25) is 0 Å². The second kappa shape index (κ2) is 4.24. The monoisotopic (exact) mass is 214 g/mol. The highest BCUT2D eigenvalue weighted by Gasteiger charge is 2.30. The van der Waals surface area contributed by atoms with Gasteiger partial charge in [-0.05, 0) is 18.2 Å². The van der Waals surface area contributed by atoms with Gasteiger partial charge in [0, 0.05) is 11.3 Å². The molecule has 15 heavy (non-hydrogen) atoms. The number of benzene rings is 1. The molecule has 4 N–H and O–H groups in total. The van der Waals surface area contributed by atoms with Crippen LogP contribution in [0.3, 0.4) is 0 Å². The number of rotatable bonds is 0. The summed E-state index contributed by atoms with van der Waals surface area (Å²) < 4.78 is 36.9. The Kier molecular flexibility index (Phi) is 3.22. The molecule has 0 fully saturated rings. The number of alkyl halides is 3. The van der Waals surface area contributed by atoms with Gasteiger partial charge in [-0.2, -0.15) is 13.2 Å². The zero-order valence-corrected chi connectivity index (χ0v) is 7.73. The van der Waals surface area contributed by atoms with Crippen LogP contribution in [0.15, 0.2) is 18.2 Å². The van der Waals surface area contributed by atoms with Gasteiger partial charge in [0.15, 0.2) is 0 Å². The second-order valence-electron chi connectivity index (χ2n) is 2.81. The maximum atomic E-state index is 12.3. The highest BCUT2D eigenvalue weighted by Crippen LogP contribution is 2.30. The molecule has 0 radical (unpaired) electrons. The van der Waals surface area contributed by atoms with E-state index in [0.717, 1.165) is 12.1 Å². The number of hydrogen-bond acceptors (Lipinski definition) is 2. The van der Waals surface area contributed by atoms with Crippen molar-refractivity contribution in [3.05, 3.63) is 29.3 Å². The van der Waals surface area contributed by atoms with Gasteiger partial charge in [0.25, 0.3) is 0 Å². The minimum atomic E-state index is -4.38. The van der Waals surface area contributed by atoms with Gasteiger partial charge in [-0.25, -0.2) is 0 Å². The molecule has 5 heteroatoms. The van der Waals surface area contributed by atoms with Crippen molar-refractivity contribution in [2.75, 3.05) is 12.3 Å². The molecule has 0 aliphatic carbocycles. The standard InChI is InChI=1S/C10H9F3N2/c11-10(12,13)8-3-4-9(15)7(6-8)2-1-5-14/h3-4,6H,5,14-15H2. The number of hydrogen-bond donors (Lipinski definition) is 2. The lowest BCUT2D eigenvalue weighted by atomic mass is 10.1. The molecule has 0 saturated heterocycles. The summed E-state index contributed by atoms with van der Waals surface area (Å²) in [4.78, 5) is 0. The average molecular weight is 214 g/mol. The number of nitrogen functional groups attached to an aromatic ring is 1. The molecule has 0 aromatic heterocycles. The maximum Gasteiger partial charge on any atom is 0.416 e. The third-order valence-electron chi connectivity index (χ3n) is 1.71. The lowest BCUT2D eigenvalue weighted by molar-refractivity contribution is -0.137. The van der Waals surface area contributed by atoms with Crippen LogP contribution in [0.5, 0.6) is 0 Å². The van der Waals surface area contributed by atoms with Crippen LogP contribution >= 0.6 is 0 Å². The van der Waals surface area contributed by atoms with E-state index in [1.165, 1.54) is 6.07 Å². The van der Waals surface area contributed by atoms with E-state index < -0.39 is 11.7 Å². The van der Waals surface area contributed by atoms with E-state index >= 15 is 0 Å². The van der Waals surface area contributed by atoms with Gasteiger partial charge in [0.05, 0.1) is 12.1 Å². The molecule has 0 bridgehead atoms. The predicted molar refractivity (Wildman–Crippen MR) is 51.8 cm³/mol. The van der Waals surface area contributed by atoms with Crippen molar-refractivity contribution in [1.29, 1.82) is 0 Å². The molecule has 2 nitrogen and oxygen atoms in total. The summed E-state index contributed by atoms with van der Waals surface area (Å²) >= 11 is 0. The van der Waals surface area contributed by atoms with Gasteiger partial charge in [0.1, 0.15) is 0 Å². The summed E-state index contributed by atoms with van der Waals surface area (Å²) in [7, 11) is 0. The van der Waals surface area contributed by atoms with Gasteiger partial charge < -0.3 is 11.5 Å². The molecule has 80 valence electrons. The summed E-state index contributed by atoms with van der Waals surface area (Å²) in [5.41, 5.74) is 10.2. The fraction of sp³-hybridized carbons (Fsp3) is 0.200. The van der Waals surface area contributed by atoms with E-state index in [2.05, 4.69) is 11.8 Å². The first-order valence-corrected chi connectivity index (χ1v) is 4.11. The Morgan fingerprint density at radius 3 is 2.47 bits per heavy atom. The number of anilines is 1. The zero-order chi connectivity index (χ0) is 11.5. The molecule has 1 rings (SSSR count). The van der Waals surface area contributed by atoms with Crippen molar-refractivity contribution < 1.29 is 13.2 Å². The minimum absolute atomic E-state index is 0.0791. The van der Waals surface area contributed by atoms with Crippen LogP contribution in [0, 0.1) is 11.8 Å². The topological polar surface area (TPSA) is 52.0 Å². The molecular formula is C10H9F3N2. The summed E-state index contributed by atoms with van der Waals surface area (Å²) in [6.45, 7) is 0.0791. The molecule has 0 saturated carbocycles. The smallest absolute Gasteiger partial charge is 0.398 e. The Hall–Kier alpha value is -1.67. The van der Waals surface area contributed by atoms with Gasteiger partial charge in [-0.1, -0.05) is 11.8 Å². The highest BCUT2D eigenvalue weighted by atomic mass is 19.4. The van der Waals surface area contributed by atoms with Crippen LogP contribution in [0.1, 0.15) is 11.1 Å². The number of halogens is 3. The van der Waals surface area contributed by atoms with E-state index in [1.54, 1.807) is 0 Å². The van der Waals surface area contributed by atoms with Crippen molar-refractivity contribution in [1.82, 2.24) is 0 Å². The van der Waals surface area contributed by atoms with E-state index in [4.69, 9.17) is 11.5 Å². The van der Waals surface area contributed by atoms with Gasteiger partial charge in [-0.15, -0.1) is 0 Å². The molecule has 0 unspecified atom stereocenters. The van der Waals surface area contributed by atoms with Crippen LogP contribution in [0.25, 0.3) is 0 Å². The van der Waals surface area contributed by atoms with Crippen LogP contribution in [-0.2, 0) is 6.18 Å². The summed E-state index contributed by atoms with van der Waals surface area (Å²) in [5.74, 6) is 4.94. The average Bonchev–Trinajstić information content (AvgIpc) is 2.15. The zero-order valence-electron chi connectivity index (χ0n) is 7.73. The predicted octanol–water partition coefficient (Wildman–Crippen LogP) is 1.60. The Morgan fingerprint density at radius 2 is 1.93 bits per heavy atom. The van der Waals surface area contributed by atoms with Crippen LogP contribution in [0.4, 0.5) is 18.9 Å². The molecule has 0 heterocycles. The molecule has 0 spiro atoms. The van der Waals surface area contributed by atoms with Crippen molar-refractivity contribution in [2.45, 2.75) is 6.18 Å². The van der Waals surface area contributed by atoms with Gasteiger partial charge in [-0.3, -0.25) is 0 Å². The molecule has 0 aliphatic rings. The fourth-order valence-electron chi connectivity index (χ4n) is 0.987. The van der Waals surface area contributed by atoms with E-state index in [9.17, 15) is 13.2 Å². The number of nitrogens with two attached hydrogens (primary N) is 2. The van der Waals surface area contributed by atoms with Crippen LogP contribution in [-0.4, -0.2) is 6.54 Å². The normalized spacial score (nSPS) is 10.7.